The molecule has 0 spiro atoms. The van der Waals surface area contributed by atoms with E-state index in [4.69, 9.17) is 0 Å². The molecule has 0 aliphatic carbocycles. The van der Waals surface area contributed by atoms with Crippen molar-refractivity contribution in [2.75, 3.05) is 0 Å². The Balaban J connectivity index is 0.00000167. The summed E-state index contributed by atoms with van der Waals surface area (Å²) in [6.45, 7) is 12.4. The van der Waals surface area contributed by atoms with Crippen LogP contribution in [0, 0.1) is 11.8 Å². The van der Waals surface area contributed by atoms with Crippen molar-refractivity contribution in [3.05, 3.63) is 69.1 Å². The van der Waals surface area contributed by atoms with Gasteiger partial charge >= 0.3 is 5.97 Å². The molecule has 180 valence electrons. The second kappa shape index (κ2) is 11.9. The molecule has 0 aliphatic rings. The maximum atomic E-state index is 11.6. The number of carboxylic acids is 1. The van der Waals surface area contributed by atoms with Gasteiger partial charge in [0, 0.05) is 23.9 Å². The van der Waals surface area contributed by atoms with Gasteiger partial charge in [-0.25, -0.2) is 9.78 Å². The number of aromatic nitrogens is 6. The van der Waals surface area contributed by atoms with Crippen LogP contribution in [-0.4, -0.2) is 41.3 Å². The highest BCUT2D eigenvalue weighted by Gasteiger charge is 2.17. The second-order valence-corrected chi connectivity index (χ2v) is 8.20. The van der Waals surface area contributed by atoms with Crippen LogP contribution in [0.5, 0.6) is 0 Å². The van der Waals surface area contributed by atoms with Crippen molar-refractivity contribution in [1.82, 2.24) is 30.2 Å². The van der Waals surface area contributed by atoms with E-state index in [0.29, 0.717) is 30.2 Å². The predicted octanol–water partition coefficient (Wildman–Crippen LogP) is 5.22. The zero-order chi connectivity index (χ0) is 25.4. The Bertz CT molecular complexity index is 1420. The Hall–Kier alpha value is -4.03. The third-order valence-electron chi connectivity index (χ3n) is 5.20. The number of H-pyrrole nitrogens is 1. The molecule has 4 aromatic rings. The van der Waals surface area contributed by atoms with Gasteiger partial charge in [-0.05, 0) is 61.1 Å². The molecule has 0 bridgehead atoms. The number of nitrogens with one attached hydrogen (secondary N) is 1. The fourth-order valence-corrected chi connectivity index (χ4v) is 4.61. The van der Waals surface area contributed by atoms with E-state index in [1.807, 2.05) is 45.9 Å². The second-order valence-electron chi connectivity index (χ2n) is 7.17. The molecule has 4 rings (SSSR count). The van der Waals surface area contributed by atoms with Crippen molar-refractivity contribution < 1.29 is 9.90 Å². The minimum Gasteiger partial charge on any atom is -0.478 e. The largest absolute Gasteiger partial charge is 0.478 e. The van der Waals surface area contributed by atoms with Gasteiger partial charge < -0.3 is 9.67 Å². The molecule has 0 aliphatic heterocycles. The highest BCUT2D eigenvalue weighted by Crippen LogP contribution is 2.28. The summed E-state index contributed by atoms with van der Waals surface area (Å²) in [5.74, 6) is 6.17. The van der Waals surface area contributed by atoms with Crippen molar-refractivity contribution in [3.63, 3.8) is 0 Å². The summed E-state index contributed by atoms with van der Waals surface area (Å²) in [5, 5.41) is 25.2. The average Bonchev–Trinajstić information content (AvgIpc) is 3.60. The van der Waals surface area contributed by atoms with Gasteiger partial charge in [-0.2, -0.15) is 5.21 Å². The first kappa shape index (κ1) is 25.6. The molecule has 9 heteroatoms. The van der Waals surface area contributed by atoms with Gasteiger partial charge in [-0.1, -0.05) is 38.6 Å². The molecule has 3 aromatic heterocycles. The highest BCUT2D eigenvalue weighted by molar-refractivity contribution is 7.13. The van der Waals surface area contributed by atoms with Gasteiger partial charge in [-0.3, -0.25) is 0 Å². The summed E-state index contributed by atoms with van der Waals surface area (Å²) in [6.07, 6.45) is 6.94. The lowest BCUT2D eigenvalue weighted by atomic mass is 10.1. The highest BCUT2D eigenvalue weighted by atomic mass is 32.1. The molecule has 0 atom stereocenters. The molecule has 35 heavy (non-hydrogen) atoms. The Morgan fingerprint density at radius 2 is 2.11 bits per heavy atom. The third kappa shape index (κ3) is 5.55. The molecule has 2 N–H and O–H groups in total. The van der Waals surface area contributed by atoms with Crippen LogP contribution < -0.4 is 0 Å². The molecule has 1 aromatic carbocycles. The van der Waals surface area contributed by atoms with E-state index in [9.17, 15) is 9.90 Å². The monoisotopic (exact) mass is 488 g/mol. The minimum absolute atomic E-state index is 0.249. The summed E-state index contributed by atoms with van der Waals surface area (Å²) >= 11 is 1.51. The summed E-state index contributed by atoms with van der Waals surface area (Å²) in [6, 6.07) is 5.17. The normalized spacial score (nSPS) is 10.6. The quantitative estimate of drug-likeness (QED) is 0.345. The van der Waals surface area contributed by atoms with Gasteiger partial charge in [0.25, 0.3) is 0 Å². The van der Waals surface area contributed by atoms with Crippen LogP contribution in [0.1, 0.15) is 70.7 Å². The van der Waals surface area contributed by atoms with Crippen LogP contribution in [0.4, 0.5) is 0 Å². The average molecular weight is 489 g/mol. The first-order valence-corrected chi connectivity index (χ1v) is 12.3. The number of allylic oxidation sites excluding steroid dienone is 1. The maximum absolute atomic E-state index is 11.6. The minimum atomic E-state index is -0.956. The predicted molar refractivity (Wildman–Crippen MR) is 140 cm³/mol. The zero-order valence-electron chi connectivity index (χ0n) is 20.3. The maximum Gasteiger partial charge on any atom is 0.335 e. The van der Waals surface area contributed by atoms with E-state index in [-0.39, 0.29) is 5.56 Å². The van der Waals surface area contributed by atoms with Crippen LogP contribution in [0.15, 0.2) is 30.9 Å². The number of carboxylic acid groups (broad SMARTS) is 1. The van der Waals surface area contributed by atoms with Crippen LogP contribution >= 0.6 is 11.3 Å². The number of benzene rings is 1. The fraction of sp³-hybridized carbons (Fsp3) is 0.269. The molecule has 0 fully saturated rings. The van der Waals surface area contributed by atoms with E-state index in [1.54, 1.807) is 18.2 Å². The number of nitrogens with zero attached hydrogens (tertiary/aromatic N) is 5. The number of tetrazole rings is 1. The smallest absolute Gasteiger partial charge is 0.335 e. The summed E-state index contributed by atoms with van der Waals surface area (Å²) in [5.41, 5.74) is 3.81. The number of fused-ring (bicyclic) bond motifs is 1. The Morgan fingerprint density at radius 3 is 2.74 bits per heavy atom. The van der Waals surface area contributed by atoms with E-state index >= 15 is 0 Å². The SMILES string of the molecule is C=Cc1nc(C#Cc2c(CC)c3cc(C(=O)O)ccc3n2CCc2nn[nH]n2)sc1/C=C\C.CC. The lowest BCUT2D eigenvalue weighted by Crippen LogP contribution is -2.06. The molecule has 0 saturated carbocycles. The van der Waals surface area contributed by atoms with Gasteiger partial charge in [0.2, 0.25) is 0 Å². The van der Waals surface area contributed by atoms with Crippen molar-refractivity contribution in [3.8, 4) is 11.8 Å². The van der Waals surface area contributed by atoms with Crippen molar-refractivity contribution in [2.45, 2.75) is 47.1 Å². The number of aryl methyl sites for hydroxylation is 3. The topological polar surface area (TPSA) is 110 Å². The van der Waals surface area contributed by atoms with Crippen LogP contribution in [0.3, 0.4) is 0 Å². The van der Waals surface area contributed by atoms with Crippen LogP contribution in [0.25, 0.3) is 23.1 Å². The Morgan fingerprint density at radius 1 is 1.31 bits per heavy atom. The van der Waals surface area contributed by atoms with Gasteiger partial charge in [0.1, 0.15) is 0 Å². The number of thiazole rings is 1. The van der Waals surface area contributed by atoms with Gasteiger partial charge in [0.05, 0.1) is 21.8 Å². The van der Waals surface area contributed by atoms with Crippen LogP contribution in [-0.2, 0) is 19.4 Å². The summed E-state index contributed by atoms with van der Waals surface area (Å²) in [4.78, 5) is 17.2. The fourth-order valence-electron chi connectivity index (χ4n) is 3.72. The third-order valence-corrected chi connectivity index (χ3v) is 6.15. The van der Waals surface area contributed by atoms with Crippen molar-refractivity contribution >= 4 is 40.4 Å². The first-order valence-electron chi connectivity index (χ1n) is 11.4. The van der Waals surface area contributed by atoms with E-state index in [2.05, 4.69) is 48.6 Å². The molecule has 0 unspecified atom stereocenters. The number of hydrogen-bond acceptors (Lipinski definition) is 6. The number of aromatic amines is 1. The van der Waals surface area contributed by atoms with Crippen molar-refractivity contribution in [2.24, 2.45) is 0 Å². The molecular formula is C26H28N6O2S. The Labute approximate surface area is 208 Å². The van der Waals surface area contributed by atoms with Gasteiger partial charge in [0.15, 0.2) is 10.8 Å². The first-order chi connectivity index (χ1) is 17.0. The number of aromatic carboxylic acids is 1. The Kier molecular flexibility index (Phi) is 8.70. The number of rotatable bonds is 7. The number of carbonyl (C=O) groups is 1. The lowest BCUT2D eigenvalue weighted by Gasteiger charge is -2.06. The molecule has 0 radical (unpaired) electrons. The van der Waals surface area contributed by atoms with E-state index in [1.165, 1.54) is 11.3 Å². The molecule has 8 nitrogen and oxygen atoms in total. The van der Waals surface area contributed by atoms with E-state index < -0.39 is 5.97 Å². The van der Waals surface area contributed by atoms with Gasteiger partial charge in [-0.15, -0.1) is 21.5 Å². The van der Waals surface area contributed by atoms with Crippen molar-refractivity contribution in [1.29, 1.82) is 0 Å². The lowest BCUT2D eigenvalue weighted by molar-refractivity contribution is 0.0697. The molecule has 0 amide bonds. The summed E-state index contributed by atoms with van der Waals surface area (Å²) in [7, 11) is 0. The number of hydrogen-bond donors (Lipinski definition) is 2. The van der Waals surface area contributed by atoms with E-state index in [0.717, 1.165) is 32.7 Å². The molecule has 0 saturated heterocycles. The zero-order valence-corrected chi connectivity index (χ0v) is 21.1. The molecular weight excluding hydrogens is 460 g/mol. The molecule has 3 heterocycles. The van der Waals surface area contributed by atoms with Crippen LogP contribution in [0.2, 0.25) is 0 Å². The summed E-state index contributed by atoms with van der Waals surface area (Å²) < 4.78 is 2.10. The standard InChI is InChI=1S/C24H22N6O2S.C2H6/c1-4-7-21-18(6-3)25-23(33-21)11-10-19-16(5-2)17-14-15(24(31)32)8-9-20(17)30(19)13-12-22-26-28-29-27-22;1-2/h4,6-9,14H,3,5,12-13H2,1-2H3,(H,31,32)(H,26,27,28,29);1-2H3/b7-4-;.